The Morgan fingerprint density at radius 3 is 2.07 bits per heavy atom. The van der Waals surface area contributed by atoms with Crippen molar-refractivity contribution in [3.8, 4) is 11.5 Å². The molecule has 0 spiro atoms. The first-order valence-corrected chi connectivity index (χ1v) is 10.0. The van der Waals surface area contributed by atoms with Gasteiger partial charge in [0.15, 0.2) is 0 Å². The van der Waals surface area contributed by atoms with Gasteiger partial charge in [-0.15, -0.1) is 0 Å². The zero-order chi connectivity index (χ0) is 20.5. The molecule has 3 aromatic carbocycles. The Bertz CT molecular complexity index is 931. The van der Waals surface area contributed by atoms with Crippen molar-refractivity contribution >= 4 is 34.8 Å². The van der Waals surface area contributed by atoms with E-state index < -0.39 is 0 Å². The Morgan fingerprint density at radius 2 is 1.41 bits per heavy atom. The molecule has 1 amide bonds. The molecule has 0 aromatic heterocycles. The number of anilines is 1. The molecule has 4 nitrogen and oxygen atoms in total. The lowest BCUT2D eigenvalue weighted by atomic mass is 10.2. The van der Waals surface area contributed by atoms with Gasteiger partial charge in [0.2, 0.25) is 0 Å². The number of rotatable bonds is 9. The molecule has 0 aliphatic carbocycles. The molecular weight excluding hydrogens is 409 g/mol. The number of carbonyl (C=O) groups is 1. The van der Waals surface area contributed by atoms with Crippen LogP contribution in [-0.4, -0.2) is 19.1 Å². The predicted octanol–water partition coefficient (Wildman–Crippen LogP) is 6.48. The van der Waals surface area contributed by atoms with E-state index >= 15 is 0 Å². The highest BCUT2D eigenvalue weighted by molar-refractivity contribution is 6.35. The van der Waals surface area contributed by atoms with Gasteiger partial charge in [0.25, 0.3) is 5.91 Å². The summed E-state index contributed by atoms with van der Waals surface area (Å²) in [7, 11) is 0. The number of hydrogen-bond acceptors (Lipinski definition) is 3. The Kier molecular flexibility index (Phi) is 7.79. The van der Waals surface area contributed by atoms with E-state index in [1.165, 1.54) is 0 Å². The summed E-state index contributed by atoms with van der Waals surface area (Å²) in [6.45, 7) is 1.24. The van der Waals surface area contributed by atoms with E-state index in [1.54, 1.807) is 42.5 Å². The van der Waals surface area contributed by atoms with Crippen molar-refractivity contribution in [3.05, 3.63) is 88.4 Å². The van der Waals surface area contributed by atoms with E-state index in [-0.39, 0.29) is 5.91 Å². The summed E-state index contributed by atoms with van der Waals surface area (Å²) in [5.74, 6) is 1.33. The van der Waals surface area contributed by atoms with Gasteiger partial charge >= 0.3 is 0 Å². The van der Waals surface area contributed by atoms with Crippen molar-refractivity contribution in [2.24, 2.45) is 0 Å². The van der Waals surface area contributed by atoms with Crippen molar-refractivity contribution < 1.29 is 14.3 Å². The fourth-order valence-corrected chi connectivity index (χ4v) is 2.93. The quantitative estimate of drug-likeness (QED) is 0.395. The van der Waals surface area contributed by atoms with E-state index in [4.69, 9.17) is 32.7 Å². The van der Waals surface area contributed by atoms with Gasteiger partial charge in [-0.05, 0) is 67.4 Å². The molecule has 3 rings (SSSR count). The van der Waals surface area contributed by atoms with E-state index in [2.05, 4.69) is 5.32 Å². The van der Waals surface area contributed by atoms with Crippen molar-refractivity contribution in [2.45, 2.75) is 12.8 Å². The molecule has 3 aromatic rings. The highest BCUT2D eigenvalue weighted by Gasteiger charge is 2.09. The van der Waals surface area contributed by atoms with Crippen molar-refractivity contribution in [3.63, 3.8) is 0 Å². The molecule has 0 atom stereocenters. The maximum atomic E-state index is 12.4. The van der Waals surface area contributed by atoms with E-state index in [0.29, 0.717) is 40.3 Å². The smallest absolute Gasteiger partial charge is 0.255 e. The van der Waals surface area contributed by atoms with Gasteiger partial charge < -0.3 is 14.8 Å². The van der Waals surface area contributed by atoms with E-state index in [0.717, 1.165) is 18.6 Å². The Hall–Kier alpha value is -2.69. The van der Waals surface area contributed by atoms with Crippen LogP contribution in [0, 0.1) is 0 Å². The second-order valence-electron chi connectivity index (χ2n) is 6.32. The topological polar surface area (TPSA) is 47.6 Å². The van der Waals surface area contributed by atoms with Gasteiger partial charge in [-0.3, -0.25) is 4.79 Å². The third kappa shape index (κ3) is 6.70. The monoisotopic (exact) mass is 429 g/mol. The van der Waals surface area contributed by atoms with Crippen LogP contribution in [-0.2, 0) is 0 Å². The molecule has 150 valence electrons. The summed E-state index contributed by atoms with van der Waals surface area (Å²) in [5, 5.41) is 3.69. The van der Waals surface area contributed by atoms with Crippen LogP contribution in [0.2, 0.25) is 10.0 Å². The van der Waals surface area contributed by atoms with Gasteiger partial charge in [0.1, 0.15) is 11.5 Å². The summed E-state index contributed by atoms with van der Waals surface area (Å²) in [4.78, 5) is 12.4. The van der Waals surface area contributed by atoms with Gasteiger partial charge in [0.05, 0.1) is 23.9 Å². The lowest BCUT2D eigenvalue weighted by Gasteiger charge is -2.10. The summed E-state index contributed by atoms with van der Waals surface area (Å²) >= 11 is 12.0. The number of benzene rings is 3. The first-order chi connectivity index (χ1) is 14.1. The van der Waals surface area contributed by atoms with Crippen LogP contribution in [0.15, 0.2) is 72.8 Å². The van der Waals surface area contributed by atoms with Gasteiger partial charge in [-0.2, -0.15) is 0 Å². The third-order valence-corrected chi connectivity index (χ3v) is 4.68. The number of nitrogens with one attached hydrogen (secondary N) is 1. The molecule has 29 heavy (non-hydrogen) atoms. The Balaban J connectivity index is 1.40. The first-order valence-electron chi connectivity index (χ1n) is 9.29. The molecule has 0 radical (unpaired) electrons. The van der Waals surface area contributed by atoms with Crippen LogP contribution in [0.25, 0.3) is 0 Å². The maximum Gasteiger partial charge on any atom is 0.255 e. The van der Waals surface area contributed by atoms with Crippen molar-refractivity contribution in [1.82, 2.24) is 0 Å². The standard InChI is InChI=1S/C23H21Cl2NO3/c24-18-10-13-21(25)22(16-18)26-23(27)17-8-11-20(12-9-17)29-15-5-4-14-28-19-6-2-1-3-7-19/h1-3,6-13,16H,4-5,14-15H2,(H,26,27). The lowest BCUT2D eigenvalue weighted by Crippen LogP contribution is -2.12. The summed E-state index contributed by atoms with van der Waals surface area (Å²) in [5.41, 5.74) is 0.979. The average molecular weight is 430 g/mol. The van der Waals surface area contributed by atoms with Gasteiger partial charge in [-0.1, -0.05) is 41.4 Å². The molecule has 0 saturated carbocycles. The molecule has 0 bridgehead atoms. The minimum absolute atomic E-state index is 0.265. The number of unbranched alkanes of at least 4 members (excludes halogenated alkanes) is 1. The minimum Gasteiger partial charge on any atom is -0.494 e. The molecule has 0 fully saturated rings. The molecule has 0 aliphatic heterocycles. The van der Waals surface area contributed by atoms with Crippen LogP contribution in [0.4, 0.5) is 5.69 Å². The van der Waals surface area contributed by atoms with Gasteiger partial charge in [-0.25, -0.2) is 0 Å². The second-order valence-corrected chi connectivity index (χ2v) is 7.16. The normalized spacial score (nSPS) is 10.4. The van der Waals surface area contributed by atoms with Crippen molar-refractivity contribution in [2.75, 3.05) is 18.5 Å². The zero-order valence-corrected chi connectivity index (χ0v) is 17.2. The zero-order valence-electron chi connectivity index (χ0n) is 15.7. The number of halogens is 2. The van der Waals surface area contributed by atoms with Crippen LogP contribution in [0.1, 0.15) is 23.2 Å². The number of carbonyl (C=O) groups excluding carboxylic acids is 1. The highest BCUT2D eigenvalue weighted by Crippen LogP contribution is 2.26. The molecule has 0 aliphatic rings. The predicted molar refractivity (Wildman–Crippen MR) is 118 cm³/mol. The second kappa shape index (κ2) is 10.7. The number of amides is 1. The Morgan fingerprint density at radius 1 is 0.793 bits per heavy atom. The van der Waals surface area contributed by atoms with E-state index in [9.17, 15) is 4.79 Å². The summed E-state index contributed by atoms with van der Waals surface area (Å²) < 4.78 is 11.4. The fourth-order valence-electron chi connectivity index (χ4n) is 2.59. The molecule has 6 heteroatoms. The average Bonchev–Trinajstić information content (AvgIpc) is 2.74. The van der Waals surface area contributed by atoms with Crippen LogP contribution in [0.3, 0.4) is 0 Å². The molecule has 0 saturated heterocycles. The summed E-state index contributed by atoms with van der Waals surface area (Å²) in [6, 6.07) is 21.6. The molecule has 1 N–H and O–H groups in total. The highest BCUT2D eigenvalue weighted by atomic mass is 35.5. The third-order valence-electron chi connectivity index (χ3n) is 4.11. The number of para-hydroxylation sites is 1. The Labute approximate surface area is 180 Å². The van der Waals surface area contributed by atoms with Crippen LogP contribution < -0.4 is 14.8 Å². The molecular formula is C23H21Cl2NO3. The molecule has 0 heterocycles. The maximum absolute atomic E-state index is 12.4. The fraction of sp³-hybridized carbons (Fsp3) is 0.174. The largest absolute Gasteiger partial charge is 0.494 e. The van der Waals surface area contributed by atoms with Crippen molar-refractivity contribution in [1.29, 1.82) is 0 Å². The molecule has 0 unspecified atom stereocenters. The first kappa shape index (κ1) is 21.0. The van der Waals surface area contributed by atoms with Gasteiger partial charge in [0, 0.05) is 10.6 Å². The van der Waals surface area contributed by atoms with Crippen LogP contribution in [0.5, 0.6) is 11.5 Å². The minimum atomic E-state index is -0.265. The summed E-state index contributed by atoms with van der Waals surface area (Å²) in [6.07, 6.45) is 1.78. The number of ether oxygens (including phenoxy) is 2. The van der Waals surface area contributed by atoms with Crippen LogP contribution >= 0.6 is 23.2 Å². The lowest BCUT2D eigenvalue weighted by molar-refractivity contribution is 0.102. The SMILES string of the molecule is O=C(Nc1cc(Cl)ccc1Cl)c1ccc(OCCCCOc2ccccc2)cc1. The van der Waals surface area contributed by atoms with E-state index in [1.807, 2.05) is 30.3 Å². The number of hydrogen-bond donors (Lipinski definition) is 1.